The quantitative estimate of drug-likeness (QED) is 0.844. The molecule has 1 aromatic rings. The van der Waals surface area contributed by atoms with Crippen LogP contribution in [0.1, 0.15) is 5.56 Å². The molecule has 2 nitrogen and oxygen atoms in total. The van der Waals surface area contributed by atoms with Crippen LogP contribution in [-0.2, 0) is 10.3 Å². The second-order valence-corrected chi connectivity index (χ2v) is 3.10. The standard InChI is InChI=1S/C10H12F3NO/c1-15-9(7-14,10(11,12)13)8-5-3-2-4-6-8/h2-6H,7,14H2,1H3/t9-/m0/s1. The van der Waals surface area contributed by atoms with E-state index in [1.54, 1.807) is 6.07 Å². The van der Waals surface area contributed by atoms with Crippen LogP contribution in [0, 0.1) is 0 Å². The van der Waals surface area contributed by atoms with E-state index in [0.29, 0.717) is 0 Å². The van der Waals surface area contributed by atoms with E-state index < -0.39 is 18.3 Å². The minimum atomic E-state index is -4.53. The summed E-state index contributed by atoms with van der Waals surface area (Å²) in [4.78, 5) is 0. The molecule has 0 aliphatic heterocycles. The lowest BCUT2D eigenvalue weighted by Gasteiger charge is -2.33. The zero-order chi connectivity index (χ0) is 11.5. The Morgan fingerprint density at radius 1 is 1.20 bits per heavy atom. The third kappa shape index (κ3) is 1.98. The third-order valence-electron chi connectivity index (χ3n) is 2.33. The predicted molar refractivity (Wildman–Crippen MR) is 50.2 cm³/mol. The molecular formula is C10H12F3NO. The zero-order valence-corrected chi connectivity index (χ0v) is 8.21. The molecule has 1 atom stereocenters. The van der Waals surface area contributed by atoms with Crippen LogP contribution in [0.3, 0.4) is 0 Å². The first-order valence-corrected chi connectivity index (χ1v) is 4.35. The Hall–Kier alpha value is -1.07. The highest BCUT2D eigenvalue weighted by Crippen LogP contribution is 2.40. The van der Waals surface area contributed by atoms with Crippen LogP contribution in [0.5, 0.6) is 0 Å². The van der Waals surface area contributed by atoms with Crippen LogP contribution in [0.15, 0.2) is 30.3 Å². The van der Waals surface area contributed by atoms with Crippen molar-refractivity contribution in [2.45, 2.75) is 11.8 Å². The molecule has 0 saturated carbocycles. The van der Waals surface area contributed by atoms with Gasteiger partial charge in [-0.05, 0) is 5.56 Å². The molecule has 1 aromatic carbocycles. The van der Waals surface area contributed by atoms with E-state index in [1.165, 1.54) is 24.3 Å². The SMILES string of the molecule is CO[C@@](CN)(c1ccccc1)C(F)(F)F. The molecule has 84 valence electrons. The molecule has 0 amide bonds. The minimum absolute atomic E-state index is 0.0162. The Kier molecular flexibility index (Phi) is 3.36. The maximum Gasteiger partial charge on any atom is 0.422 e. The van der Waals surface area contributed by atoms with Gasteiger partial charge in [0.2, 0.25) is 5.60 Å². The summed E-state index contributed by atoms with van der Waals surface area (Å²) in [5.41, 5.74) is 2.80. The number of halogens is 3. The Morgan fingerprint density at radius 2 is 1.73 bits per heavy atom. The topological polar surface area (TPSA) is 35.2 Å². The van der Waals surface area contributed by atoms with Gasteiger partial charge in [0.25, 0.3) is 0 Å². The van der Waals surface area contributed by atoms with E-state index in [9.17, 15) is 13.2 Å². The molecular weight excluding hydrogens is 207 g/mol. The van der Waals surface area contributed by atoms with Crippen LogP contribution in [0.2, 0.25) is 0 Å². The van der Waals surface area contributed by atoms with Gasteiger partial charge in [0, 0.05) is 13.7 Å². The lowest BCUT2D eigenvalue weighted by molar-refractivity contribution is -0.272. The van der Waals surface area contributed by atoms with Crippen LogP contribution in [-0.4, -0.2) is 19.8 Å². The average molecular weight is 219 g/mol. The van der Waals surface area contributed by atoms with Gasteiger partial charge in [0.15, 0.2) is 0 Å². The van der Waals surface area contributed by atoms with Crippen LogP contribution in [0.4, 0.5) is 13.2 Å². The number of nitrogens with two attached hydrogens (primary N) is 1. The summed E-state index contributed by atoms with van der Waals surface area (Å²) in [5.74, 6) is 0. The zero-order valence-electron chi connectivity index (χ0n) is 8.21. The largest absolute Gasteiger partial charge is 0.422 e. The Labute approximate surface area is 85.8 Å². The first kappa shape index (κ1) is 12.0. The van der Waals surface area contributed by atoms with Gasteiger partial charge in [0.05, 0.1) is 0 Å². The van der Waals surface area contributed by atoms with Gasteiger partial charge in [-0.25, -0.2) is 0 Å². The molecule has 0 unspecified atom stereocenters. The molecule has 0 bridgehead atoms. The molecule has 0 aromatic heterocycles. The van der Waals surface area contributed by atoms with Gasteiger partial charge in [-0.2, -0.15) is 13.2 Å². The maximum absolute atomic E-state index is 12.9. The average Bonchev–Trinajstić information content (AvgIpc) is 2.20. The van der Waals surface area contributed by atoms with Gasteiger partial charge in [-0.1, -0.05) is 30.3 Å². The fraction of sp³-hybridized carbons (Fsp3) is 0.400. The minimum Gasteiger partial charge on any atom is -0.363 e. The van der Waals surface area contributed by atoms with Crippen molar-refractivity contribution >= 4 is 0 Å². The Morgan fingerprint density at radius 3 is 2.07 bits per heavy atom. The Balaban J connectivity index is 3.24. The highest BCUT2D eigenvalue weighted by Gasteiger charge is 2.55. The summed E-state index contributed by atoms with van der Waals surface area (Å²) in [6, 6.07) is 7.37. The van der Waals surface area contributed by atoms with Crippen molar-refractivity contribution < 1.29 is 17.9 Å². The van der Waals surface area contributed by atoms with Gasteiger partial charge in [0.1, 0.15) is 0 Å². The summed E-state index contributed by atoms with van der Waals surface area (Å²) in [6.45, 7) is -0.642. The summed E-state index contributed by atoms with van der Waals surface area (Å²) in [5, 5.41) is 0. The molecule has 0 spiro atoms. The summed E-state index contributed by atoms with van der Waals surface area (Å²) >= 11 is 0. The monoisotopic (exact) mass is 219 g/mol. The molecule has 5 heteroatoms. The van der Waals surface area contributed by atoms with Crippen molar-refractivity contribution in [1.29, 1.82) is 0 Å². The van der Waals surface area contributed by atoms with Crippen LogP contribution >= 0.6 is 0 Å². The molecule has 0 saturated heterocycles. The molecule has 1 rings (SSSR count). The lowest BCUT2D eigenvalue weighted by Crippen LogP contribution is -2.49. The van der Waals surface area contributed by atoms with Crippen molar-refractivity contribution in [1.82, 2.24) is 0 Å². The van der Waals surface area contributed by atoms with E-state index in [2.05, 4.69) is 4.74 Å². The van der Waals surface area contributed by atoms with Gasteiger partial charge < -0.3 is 10.5 Å². The van der Waals surface area contributed by atoms with Crippen LogP contribution < -0.4 is 5.73 Å². The smallest absolute Gasteiger partial charge is 0.363 e. The van der Waals surface area contributed by atoms with Crippen molar-refractivity contribution in [3.63, 3.8) is 0 Å². The van der Waals surface area contributed by atoms with Crippen molar-refractivity contribution in [3.8, 4) is 0 Å². The predicted octanol–water partition coefficient (Wildman–Crippen LogP) is 2.05. The molecule has 0 fully saturated rings. The van der Waals surface area contributed by atoms with E-state index in [4.69, 9.17) is 5.73 Å². The number of methoxy groups -OCH3 is 1. The molecule has 0 radical (unpaired) electrons. The van der Waals surface area contributed by atoms with E-state index in [0.717, 1.165) is 7.11 Å². The normalized spacial score (nSPS) is 16.1. The second-order valence-electron chi connectivity index (χ2n) is 3.10. The molecule has 0 heterocycles. The lowest BCUT2D eigenvalue weighted by atomic mass is 9.93. The van der Waals surface area contributed by atoms with Crippen molar-refractivity contribution in [3.05, 3.63) is 35.9 Å². The Bertz CT molecular complexity index is 306. The number of ether oxygens (including phenoxy) is 1. The fourth-order valence-corrected chi connectivity index (χ4v) is 1.42. The van der Waals surface area contributed by atoms with E-state index in [-0.39, 0.29) is 5.56 Å². The highest BCUT2D eigenvalue weighted by atomic mass is 19.4. The molecule has 15 heavy (non-hydrogen) atoms. The van der Waals surface area contributed by atoms with Crippen LogP contribution in [0.25, 0.3) is 0 Å². The number of rotatable bonds is 3. The molecule has 0 aliphatic carbocycles. The third-order valence-corrected chi connectivity index (χ3v) is 2.33. The summed E-state index contributed by atoms with van der Waals surface area (Å²) in [7, 11) is 1.01. The molecule has 0 aliphatic rings. The second kappa shape index (κ2) is 4.20. The molecule has 2 N–H and O–H groups in total. The number of hydrogen-bond donors (Lipinski definition) is 1. The van der Waals surface area contributed by atoms with Gasteiger partial charge >= 0.3 is 6.18 Å². The maximum atomic E-state index is 12.9. The van der Waals surface area contributed by atoms with Gasteiger partial charge in [-0.3, -0.25) is 0 Å². The van der Waals surface area contributed by atoms with Crippen molar-refractivity contribution in [2.24, 2.45) is 5.73 Å². The first-order chi connectivity index (χ1) is 6.98. The number of benzene rings is 1. The van der Waals surface area contributed by atoms with E-state index in [1.807, 2.05) is 0 Å². The van der Waals surface area contributed by atoms with Gasteiger partial charge in [-0.15, -0.1) is 0 Å². The number of alkyl halides is 3. The van der Waals surface area contributed by atoms with Crippen molar-refractivity contribution in [2.75, 3.05) is 13.7 Å². The number of hydrogen-bond acceptors (Lipinski definition) is 2. The fourth-order valence-electron chi connectivity index (χ4n) is 1.42. The first-order valence-electron chi connectivity index (χ1n) is 4.35. The van der Waals surface area contributed by atoms with E-state index >= 15 is 0 Å². The highest BCUT2D eigenvalue weighted by molar-refractivity contribution is 5.25. The summed E-state index contributed by atoms with van der Waals surface area (Å²) < 4.78 is 43.2. The summed E-state index contributed by atoms with van der Waals surface area (Å²) in [6.07, 6.45) is -4.53.